The van der Waals surface area contributed by atoms with Crippen molar-refractivity contribution in [1.29, 1.82) is 0 Å². The summed E-state index contributed by atoms with van der Waals surface area (Å²) in [5, 5.41) is 0. The van der Waals surface area contributed by atoms with Crippen LogP contribution in [-0.2, 0) is 72.8 Å². The Bertz CT molecular complexity index is 1010. The number of hydrogen-bond donors (Lipinski definition) is 14. The summed E-state index contributed by atoms with van der Waals surface area (Å²) < 4.78 is 221. The zero-order valence-electron chi connectivity index (χ0n) is 83.4. The summed E-state index contributed by atoms with van der Waals surface area (Å²) in [6.45, 7) is 0. The average molecular weight is 14000 g/mol. The van der Waals surface area contributed by atoms with Crippen LogP contribution in [0.4, 0.5) is 0 Å². The number of hydrogen-bond acceptors (Lipinski definition) is 14. The quantitative estimate of drug-likeness (QED) is 0.0791. The molecule has 0 amide bonds. The maximum Gasteiger partial charge on any atom is 2.00 e. The molecular weight excluding hydrogens is 14000 g/mol. The van der Waals surface area contributed by atoms with Gasteiger partial charge >= 0.3 is 4810 Å². The molecule has 0 saturated carbocycles. The average Bonchev–Trinajstić information content (AvgIpc) is 2.06. The van der Waals surface area contributed by atoms with E-state index in [0.717, 1.165) is 0 Å². The molecule has 0 radical (unpaired) electrons. The summed E-state index contributed by atoms with van der Waals surface area (Å²) in [4.78, 5) is 0. The van der Waals surface area contributed by atoms with E-state index in [0.29, 0.717) is 0 Å². The molecule has 132 heavy (non-hydrogen) atoms. The van der Waals surface area contributed by atoms with Gasteiger partial charge in [-0.05, 0) is 0 Å². The van der Waals surface area contributed by atoms with Crippen LogP contribution in [0, 0.1) is 0 Å². The van der Waals surface area contributed by atoms with E-state index in [9.17, 15) is 0 Å². The van der Waals surface area contributed by atoms with Crippen LogP contribution in [0.5, 0.6) is 0 Å². The van der Waals surface area contributed by atoms with Gasteiger partial charge in [0.1, 0.15) is 0 Å². The van der Waals surface area contributed by atoms with E-state index in [-0.39, 0.29) is 4740 Å². The predicted molar refractivity (Wildman–Crippen MR) is 657 cm³/mol. The van der Waals surface area contributed by atoms with Crippen LogP contribution < -0.4 is 0 Å². The van der Waals surface area contributed by atoms with Crippen molar-refractivity contribution in [3.8, 4) is 0 Å². The Labute approximate surface area is 4710 Å². The molecule has 0 aliphatic rings. The van der Waals surface area contributed by atoms with E-state index in [1.54, 1.807) is 0 Å². The Hall–Kier alpha value is 152. The van der Waals surface area contributed by atoms with Crippen LogP contribution in [-0.4, -0.2) is 4860 Å². The third-order valence-electron chi connectivity index (χ3n) is 0. The van der Waals surface area contributed by atoms with E-state index >= 15 is 0 Å². The van der Waals surface area contributed by atoms with Gasteiger partial charge in [-0.1, -0.05) is 0 Å². The molecule has 0 atom stereocenters. The SMILES string of the molecule is O=S(=O)(O)O.O=S(=O)(O)O.O=S(=O)(O)O.O=S(=O)(O)O.O=S(=O)(O)O.O=S(=O)(O)O.O=S(=O)(O)O.[Ba+2].[Ba+2].[Ba+2].[Ba+2].[Ba+2].[Ba+2].[Ba+2].[Ba+2].[Ba+2].[Ba+2].[Ba+2].[Ba+2].[Ba+2].[Ba+2].[Ba+2].[Ba+2].[Ba+2].[Ba+2].[Ba+2].[Ba+2].[Ba+2].[Ba+2].[Ba+2].[Ba+2].[Ba+2].[Ba+2].[Ba+2].[Ba+2].[Ba+2].[Ba+2].[Ba+2].[Ba+2].[Ba+2].[Ba+2].[Ba+2].[Ba+2].[Ba+2].[Ba+2].[Ba+2].[Ba+2].[Ba+2].[Ba+2].[Ba+2].[Ba+2].[Ba+2].[Ba+2].[Ba+2].[Ba+2].[Ba+2].[Ba+2].[Ba+2].[Ba+2].[Ba+2].[Ba+2].[Ba+2].[Ba+2].[Ba+2].[Ba+2].[Ba+2].[Ba+2].[Ba+2].[Ba+2].[Ba+2].[Ba+2].[Ba+2].[Ba+2].[Ba+2].[Ba+2].[Ba+2].[Ba+2].[Ba+2].[Ba+2].[Ba+2].[Ba+2].[Ba+2].[Ba+2].[Ba+2].[Ba+2].[Ba+2].[Ba+2].[Ba+2].[Ba+2].[Ba+2].[Ba+2].[Ba+2].[Ba+2].[Ba+2].[Ba+2].[Ba+2].[Ba+2].[Ba+2].[Ba+2].[Ba+2].[Ba+2].[Ba+2].[Ba+2].[Ba+2]. The minimum absolute atomic E-state index is 0. The normalized spacial score (nSPS) is 3.08. The second kappa shape index (κ2) is 598. The minimum atomic E-state index is -4.67. The van der Waals surface area contributed by atoms with Gasteiger partial charge in [0.05, 0.1) is 0 Å². The zero-order chi connectivity index (χ0) is 31.5. The molecule has 0 aromatic carbocycles. The van der Waals surface area contributed by atoms with Crippen molar-refractivity contribution in [3.05, 3.63) is 0 Å². The molecule has 0 aromatic rings. The fourth-order valence-corrected chi connectivity index (χ4v) is 0. The Morgan fingerprint density at radius 2 is 0.0530 bits per heavy atom. The molecule has 0 aliphatic heterocycles. The maximum atomic E-state index is 8.74. The molecule has 0 saturated heterocycles. The maximum absolute atomic E-state index is 8.74. The molecule has 28 nitrogen and oxygen atoms in total. The summed E-state index contributed by atoms with van der Waals surface area (Å²) >= 11 is 0. The van der Waals surface area contributed by atoms with Crippen LogP contribution >= 0.6 is 0 Å². The fraction of sp³-hybridized carbons (Fsp3) is 0. The van der Waals surface area contributed by atoms with Crippen LogP contribution in [0.2, 0.25) is 0 Å². The van der Waals surface area contributed by atoms with Gasteiger partial charge < -0.3 is 0 Å². The van der Waals surface area contributed by atoms with Gasteiger partial charge in [-0.15, -0.1) is 0 Å². The zero-order valence-corrected chi connectivity index (χ0v) is 520. The fourth-order valence-electron chi connectivity index (χ4n) is 0. The Morgan fingerprint density at radius 3 is 0.0530 bits per heavy atom. The first-order chi connectivity index (χ1) is 14.0. The molecule has 0 unspecified atom stereocenters. The van der Waals surface area contributed by atoms with Crippen LogP contribution in [0.1, 0.15) is 0 Å². The third kappa shape index (κ3) is 965. The molecule has 224 valence electrons. The first-order valence-electron chi connectivity index (χ1n) is 4.89. The van der Waals surface area contributed by atoms with E-state index < -0.39 is 72.8 Å². The van der Waals surface area contributed by atoms with Crippen LogP contribution in [0.25, 0.3) is 0 Å². The Balaban J connectivity index is -0.000000000605. The molecular formula is H14Ba97O28S7+194. The molecule has 14 N–H and O–H groups in total. The largest absolute Gasteiger partial charge is 2.00 e. The summed E-state index contributed by atoms with van der Waals surface area (Å²) in [5.74, 6) is 0. The van der Waals surface area contributed by atoms with Gasteiger partial charge in [-0.25, -0.2) is 0 Å². The third-order valence-corrected chi connectivity index (χ3v) is 0. The topological polar surface area (TPSA) is 522 Å². The van der Waals surface area contributed by atoms with Gasteiger partial charge in [-0.2, -0.15) is 58.9 Å². The van der Waals surface area contributed by atoms with Crippen molar-refractivity contribution in [2.24, 2.45) is 0 Å². The molecule has 0 aliphatic carbocycles. The first kappa shape index (κ1) is 702. The van der Waals surface area contributed by atoms with Gasteiger partial charge in [-0.3, -0.25) is 63.7 Å². The van der Waals surface area contributed by atoms with Crippen molar-refractivity contribution in [2.45, 2.75) is 0 Å². The summed E-state index contributed by atoms with van der Waals surface area (Å²) in [5.41, 5.74) is 0. The first-order valence-corrected chi connectivity index (χ1v) is 14.7. The molecule has 132 heteroatoms. The molecule has 0 spiro atoms. The molecule has 0 bridgehead atoms. The van der Waals surface area contributed by atoms with E-state index in [1.807, 2.05) is 0 Å². The van der Waals surface area contributed by atoms with Crippen molar-refractivity contribution < 1.29 is 123 Å². The molecule has 0 fully saturated rings. The number of rotatable bonds is 0. The van der Waals surface area contributed by atoms with Crippen molar-refractivity contribution in [1.82, 2.24) is 0 Å². The molecule has 0 aromatic heterocycles. The van der Waals surface area contributed by atoms with Gasteiger partial charge in [0.2, 0.25) is 0 Å². The van der Waals surface area contributed by atoms with Crippen molar-refractivity contribution >= 4 is 4810 Å². The summed E-state index contributed by atoms with van der Waals surface area (Å²) in [6, 6.07) is 0. The molecule has 0 rings (SSSR count). The molecule has 0 heterocycles. The van der Waals surface area contributed by atoms with Crippen LogP contribution in [0.15, 0.2) is 0 Å². The van der Waals surface area contributed by atoms with Gasteiger partial charge in [0.15, 0.2) is 0 Å². The summed E-state index contributed by atoms with van der Waals surface area (Å²) in [6.07, 6.45) is 0. The second-order valence-corrected chi connectivity index (χ2v) is 9.40. The van der Waals surface area contributed by atoms with Gasteiger partial charge in [0, 0.05) is 0 Å². The Kier molecular flexibility index (Phi) is 3180. The minimum Gasteiger partial charge on any atom is -0.264 e. The predicted octanol–water partition coefficient (Wildman–Crippen LogP) is -41.5. The van der Waals surface area contributed by atoms with E-state index in [4.69, 9.17) is 123 Å². The van der Waals surface area contributed by atoms with E-state index in [2.05, 4.69) is 0 Å². The van der Waals surface area contributed by atoms with Crippen LogP contribution in [0.3, 0.4) is 0 Å². The van der Waals surface area contributed by atoms with Crippen molar-refractivity contribution in [2.75, 3.05) is 0 Å². The van der Waals surface area contributed by atoms with Gasteiger partial charge in [0.25, 0.3) is 0 Å². The summed E-state index contributed by atoms with van der Waals surface area (Å²) in [7, 11) is -32.7. The monoisotopic (exact) mass is 14100 g/mol. The standard InChI is InChI=1S/97Ba.7H2O4S/c;;;;;;;;;;;;;;;;;;;;;;;;;;;;;;;;;;;;;;;;;;;;;;;;;;;;;;;;;;;;;;;;;;;;;;;;;;;;;;;;;;;;;;;;;;;;;;;;;7*1-5(2,3)4/h;;;;;;;;;;;;;;;;;;;;;;;;;;;;;;;;;;;;;;;;;;;;;;;;;;;;;;;;;;;;;;;;;;;;;;;;;;;;;;;;;;;;;;;;;;;;;;;;;7*(H2,1,2,3,4)/q97*+2;;;;;;;. The smallest absolute Gasteiger partial charge is 0.264 e. The van der Waals surface area contributed by atoms with Crippen molar-refractivity contribution in [3.63, 3.8) is 0 Å². The Morgan fingerprint density at radius 1 is 0.0530 bits per heavy atom. The van der Waals surface area contributed by atoms with E-state index in [1.165, 1.54) is 0 Å². The second-order valence-electron chi connectivity index (χ2n) is 3.13.